The van der Waals surface area contributed by atoms with Crippen LogP contribution in [0.1, 0.15) is 16.8 Å². The number of nitrogen functional groups attached to an aromatic ring is 1. The molecule has 6 nitrogen and oxygen atoms in total. The molecule has 0 radical (unpaired) electrons. The van der Waals surface area contributed by atoms with Gasteiger partial charge in [-0.1, -0.05) is 6.07 Å². The summed E-state index contributed by atoms with van der Waals surface area (Å²) < 4.78 is 19.2. The third-order valence-corrected chi connectivity index (χ3v) is 3.84. The monoisotopic (exact) mass is 304 g/mol. The van der Waals surface area contributed by atoms with Crippen LogP contribution < -0.4 is 16.0 Å². The molecular formula is C15H17FN4O2. The Bertz CT molecular complexity index is 760. The standard InChI is InChI=1S/C15H17FN4O2/c1-22-13-4-2-3-11(16)9(13)7-20-6-5-12-10(8-20)14(21)19-15(17)18-12/h2-4H,5-8H2,1H3,(H3,17,18,19,21). The van der Waals surface area contributed by atoms with E-state index in [4.69, 9.17) is 10.5 Å². The van der Waals surface area contributed by atoms with Crippen molar-refractivity contribution in [1.29, 1.82) is 0 Å². The number of benzene rings is 1. The van der Waals surface area contributed by atoms with Gasteiger partial charge in [0.15, 0.2) is 0 Å². The second-order valence-electron chi connectivity index (χ2n) is 5.26. The number of nitrogens with one attached hydrogen (secondary N) is 1. The zero-order valence-corrected chi connectivity index (χ0v) is 12.2. The molecule has 3 rings (SSSR count). The highest BCUT2D eigenvalue weighted by Crippen LogP contribution is 2.25. The molecule has 0 atom stereocenters. The van der Waals surface area contributed by atoms with Crippen molar-refractivity contribution in [3.05, 3.63) is 51.2 Å². The smallest absolute Gasteiger partial charge is 0.257 e. The number of aromatic nitrogens is 2. The molecule has 0 unspecified atom stereocenters. The summed E-state index contributed by atoms with van der Waals surface area (Å²) in [7, 11) is 1.52. The van der Waals surface area contributed by atoms with Gasteiger partial charge in [-0.15, -0.1) is 0 Å². The third-order valence-electron chi connectivity index (χ3n) is 3.84. The summed E-state index contributed by atoms with van der Waals surface area (Å²) >= 11 is 0. The highest BCUT2D eigenvalue weighted by Gasteiger charge is 2.22. The maximum Gasteiger partial charge on any atom is 0.257 e. The van der Waals surface area contributed by atoms with Crippen LogP contribution in [0.2, 0.25) is 0 Å². The number of rotatable bonds is 3. The van der Waals surface area contributed by atoms with Gasteiger partial charge in [0.1, 0.15) is 11.6 Å². The van der Waals surface area contributed by atoms with Gasteiger partial charge in [0.05, 0.1) is 18.4 Å². The van der Waals surface area contributed by atoms with Gasteiger partial charge in [0.25, 0.3) is 5.56 Å². The van der Waals surface area contributed by atoms with Gasteiger partial charge < -0.3 is 10.5 Å². The molecule has 3 N–H and O–H groups in total. The molecule has 7 heteroatoms. The molecule has 0 saturated heterocycles. The number of hydrogen-bond acceptors (Lipinski definition) is 5. The number of nitrogens with zero attached hydrogens (tertiary/aromatic N) is 2. The number of hydrogen-bond donors (Lipinski definition) is 2. The lowest BCUT2D eigenvalue weighted by Crippen LogP contribution is -2.35. The molecule has 0 fully saturated rings. The van der Waals surface area contributed by atoms with E-state index in [-0.39, 0.29) is 17.3 Å². The summed E-state index contributed by atoms with van der Waals surface area (Å²) in [6.07, 6.45) is 0.611. The van der Waals surface area contributed by atoms with Crippen LogP contribution in [-0.4, -0.2) is 28.5 Å². The Kier molecular flexibility index (Phi) is 3.81. The normalized spacial score (nSPS) is 14.6. The van der Waals surface area contributed by atoms with Gasteiger partial charge in [0, 0.05) is 31.6 Å². The summed E-state index contributed by atoms with van der Waals surface area (Å²) in [6.45, 7) is 1.47. The first-order chi connectivity index (χ1) is 10.6. The fraction of sp³-hybridized carbons (Fsp3) is 0.333. The Balaban J connectivity index is 1.86. The van der Waals surface area contributed by atoms with Crippen molar-refractivity contribution in [2.24, 2.45) is 0 Å². The molecule has 0 spiro atoms. The first-order valence-corrected chi connectivity index (χ1v) is 6.99. The highest BCUT2D eigenvalue weighted by molar-refractivity contribution is 5.35. The van der Waals surface area contributed by atoms with E-state index in [1.807, 2.05) is 4.90 Å². The molecule has 0 aliphatic carbocycles. The molecule has 2 aromatic rings. The van der Waals surface area contributed by atoms with Gasteiger partial charge >= 0.3 is 0 Å². The van der Waals surface area contributed by atoms with Crippen molar-refractivity contribution in [2.45, 2.75) is 19.5 Å². The van der Waals surface area contributed by atoms with E-state index in [0.29, 0.717) is 42.9 Å². The molecule has 2 heterocycles. The van der Waals surface area contributed by atoms with Crippen molar-refractivity contribution in [3.8, 4) is 5.75 Å². The summed E-state index contributed by atoms with van der Waals surface area (Å²) in [5, 5.41) is 0. The second-order valence-corrected chi connectivity index (χ2v) is 5.26. The van der Waals surface area contributed by atoms with E-state index in [2.05, 4.69) is 9.97 Å². The Labute approximate surface area is 126 Å². The van der Waals surface area contributed by atoms with E-state index < -0.39 is 0 Å². The molecule has 0 saturated carbocycles. The zero-order valence-electron chi connectivity index (χ0n) is 12.2. The average Bonchev–Trinajstić information content (AvgIpc) is 2.49. The maximum atomic E-state index is 14.0. The van der Waals surface area contributed by atoms with Crippen LogP contribution in [0.15, 0.2) is 23.0 Å². The van der Waals surface area contributed by atoms with E-state index in [0.717, 1.165) is 5.69 Å². The number of ether oxygens (including phenoxy) is 1. The van der Waals surface area contributed by atoms with Crippen LogP contribution in [-0.2, 0) is 19.5 Å². The van der Waals surface area contributed by atoms with Gasteiger partial charge in [0.2, 0.25) is 5.95 Å². The summed E-state index contributed by atoms with van der Waals surface area (Å²) in [5.41, 5.74) is 7.13. The van der Waals surface area contributed by atoms with E-state index in [1.165, 1.54) is 13.2 Å². The topological polar surface area (TPSA) is 84.2 Å². The second kappa shape index (κ2) is 5.76. The van der Waals surface area contributed by atoms with Gasteiger partial charge in [-0.3, -0.25) is 14.7 Å². The van der Waals surface area contributed by atoms with Crippen molar-refractivity contribution < 1.29 is 9.13 Å². The van der Waals surface area contributed by atoms with Crippen molar-refractivity contribution in [1.82, 2.24) is 14.9 Å². The minimum atomic E-state index is -0.311. The molecule has 1 aliphatic rings. The first-order valence-electron chi connectivity index (χ1n) is 6.99. The van der Waals surface area contributed by atoms with Gasteiger partial charge in [-0.25, -0.2) is 9.37 Å². The number of H-pyrrole nitrogens is 1. The zero-order chi connectivity index (χ0) is 15.7. The molecule has 116 valence electrons. The Morgan fingerprint density at radius 1 is 1.50 bits per heavy atom. The molecular weight excluding hydrogens is 287 g/mol. The average molecular weight is 304 g/mol. The lowest BCUT2D eigenvalue weighted by atomic mass is 10.1. The van der Waals surface area contributed by atoms with Crippen LogP contribution in [0, 0.1) is 5.82 Å². The minimum absolute atomic E-state index is 0.132. The molecule has 0 amide bonds. The molecule has 0 bridgehead atoms. The number of anilines is 1. The fourth-order valence-corrected chi connectivity index (χ4v) is 2.74. The van der Waals surface area contributed by atoms with E-state index >= 15 is 0 Å². The maximum absolute atomic E-state index is 14.0. The van der Waals surface area contributed by atoms with Crippen molar-refractivity contribution in [3.63, 3.8) is 0 Å². The molecule has 1 aliphatic heterocycles. The number of aromatic amines is 1. The number of fused-ring (bicyclic) bond motifs is 1. The minimum Gasteiger partial charge on any atom is -0.496 e. The predicted octanol–water partition coefficient (Wildman–Crippen LogP) is 1.06. The van der Waals surface area contributed by atoms with Crippen molar-refractivity contribution >= 4 is 5.95 Å². The SMILES string of the molecule is COc1cccc(F)c1CN1CCc2nc(N)[nH]c(=O)c2C1. The van der Waals surface area contributed by atoms with Crippen LogP contribution >= 0.6 is 0 Å². The lowest BCUT2D eigenvalue weighted by molar-refractivity contribution is 0.234. The predicted molar refractivity (Wildman–Crippen MR) is 80.0 cm³/mol. The van der Waals surface area contributed by atoms with Crippen molar-refractivity contribution in [2.75, 3.05) is 19.4 Å². The summed E-state index contributed by atoms with van der Waals surface area (Å²) in [4.78, 5) is 20.6. The Morgan fingerprint density at radius 3 is 3.09 bits per heavy atom. The molecule has 1 aromatic carbocycles. The summed E-state index contributed by atoms with van der Waals surface area (Å²) in [6, 6.07) is 4.75. The fourth-order valence-electron chi connectivity index (χ4n) is 2.74. The van der Waals surface area contributed by atoms with E-state index in [9.17, 15) is 9.18 Å². The largest absolute Gasteiger partial charge is 0.496 e. The van der Waals surface area contributed by atoms with Crippen LogP contribution in [0.25, 0.3) is 0 Å². The van der Waals surface area contributed by atoms with Crippen LogP contribution in [0.5, 0.6) is 5.75 Å². The quantitative estimate of drug-likeness (QED) is 0.886. The highest BCUT2D eigenvalue weighted by atomic mass is 19.1. The van der Waals surface area contributed by atoms with Gasteiger partial charge in [-0.05, 0) is 12.1 Å². The Morgan fingerprint density at radius 2 is 2.32 bits per heavy atom. The Hall–Kier alpha value is -2.41. The number of halogens is 1. The molecule has 22 heavy (non-hydrogen) atoms. The van der Waals surface area contributed by atoms with Gasteiger partial charge in [-0.2, -0.15) is 0 Å². The van der Waals surface area contributed by atoms with Crippen LogP contribution in [0.4, 0.5) is 10.3 Å². The third kappa shape index (κ3) is 2.67. The van der Waals surface area contributed by atoms with E-state index in [1.54, 1.807) is 12.1 Å². The lowest BCUT2D eigenvalue weighted by Gasteiger charge is -2.28. The first kappa shape index (κ1) is 14.5. The summed E-state index contributed by atoms with van der Waals surface area (Å²) in [5.74, 6) is 0.331. The number of methoxy groups -OCH3 is 1. The molecule has 1 aromatic heterocycles. The van der Waals surface area contributed by atoms with Crippen LogP contribution in [0.3, 0.4) is 0 Å². The number of nitrogens with two attached hydrogens (primary N) is 1.